The number of hydrogen-bond donors (Lipinski definition) is 1. The molecule has 146 valence electrons. The Bertz CT molecular complexity index is 926. The molecule has 0 bridgehead atoms. The number of thioether (sulfide) groups is 1. The number of nitrogens with one attached hydrogen (secondary N) is 1. The molecule has 3 rings (SSSR count). The Morgan fingerprint density at radius 3 is 2.57 bits per heavy atom. The third-order valence-electron chi connectivity index (χ3n) is 4.38. The van der Waals surface area contributed by atoms with E-state index in [1.54, 1.807) is 13.4 Å². The number of benzene rings is 2. The first-order chi connectivity index (χ1) is 13.7. The fourth-order valence-corrected chi connectivity index (χ4v) is 3.69. The summed E-state index contributed by atoms with van der Waals surface area (Å²) in [5.41, 5.74) is 4.39. The molecule has 1 heterocycles. The van der Waals surface area contributed by atoms with E-state index in [1.165, 1.54) is 17.3 Å². The van der Waals surface area contributed by atoms with Crippen LogP contribution in [0.5, 0.6) is 0 Å². The molecular formula is C21H24N4O2S. The number of rotatable bonds is 9. The molecule has 0 fully saturated rings. The van der Waals surface area contributed by atoms with Crippen molar-refractivity contribution in [3.63, 3.8) is 0 Å². The first-order valence-electron chi connectivity index (χ1n) is 9.16. The third kappa shape index (κ3) is 4.99. The van der Waals surface area contributed by atoms with E-state index in [4.69, 9.17) is 4.74 Å². The van der Waals surface area contributed by atoms with Gasteiger partial charge in [0.2, 0.25) is 5.91 Å². The summed E-state index contributed by atoms with van der Waals surface area (Å²) < 4.78 is 7.15. The first-order valence-corrected chi connectivity index (χ1v) is 10.1. The van der Waals surface area contributed by atoms with E-state index in [0.29, 0.717) is 18.3 Å². The van der Waals surface area contributed by atoms with Crippen LogP contribution in [0.25, 0.3) is 5.69 Å². The number of nitrogens with zero attached hydrogens (tertiary/aromatic N) is 3. The molecule has 1 amide bonds. The van der Waals surface area contributed by atoms with Crippen molar-refractivity contribution in [3.8, 4) is 5.69 Å². The van der Waals surface area contributed by atoms with Crippen LogP contribution in [0.1, 0.15) is 23.6 Å². The van der Waals surface area contributed by atoms with Gasteiger partial charge in [0, 0.05) is 13.7 Å². The normalized spacial score (nSPS) is 10.8. The molecule has 0 unspecified atom stereocenters. The number of aryl methyl sites for hydroxylation is 1. The summed E-state index contributed by atoms with van der Waals surface area (Å²) >= 11 is 1.38. The predicted octanol–water partition coefficient (Wildman–Crippen LogP) is 3.38. The summed E-state index contributed by atoms with van der Waals surface area (Å²) in [7, 11) is 1.67. The molecular weight excluding hydrogens is 372 g/mol. The number of ether oxygens (including phenoxy) is 1. The van der Waals surface area contributed by atoms with Crippen LogP contribution in [0.3, 0.4) is 0 Å². The molecule has 0 radical (unpaired) electrons. The molecule has 2 aromatic carbocycles. The highest BCUT2D eigenvalue weighted by Crippen LogP contribution is 2.22. The Morgan fingerprint density at radius 1 is 1.11 bits per heavy atom. The lowest BCUT2D eigenvalue weighted by molar-refractivity contribution is -0.118. The SMILES string of the molecule is CCc1ccccc1-n1cnnc1SCC(=O)NCc1ccccc1COC. The Balaban J connectivity index is 1.60. The molecule has 0 saturated heterocycles. The van der Waals surface area contributed by atoms with Crippen LogP contribution in [-0.2, 0) is 29.1 Å². The van der Waals surface area contributed by atoms with E-state index >= 15 is 0 Å². The van der Waals surface area contributed by atoms with Crippen LogP contribution in [0.15, 0.2) is 60.0 Å². The number of methoxy groups -OCH3 is 1. The number of amides is 1. The highest BCUT2D eigenvalue weighted by molar-refractivity contribution is 7.99. The van der Waals surface area contributed by atoms with E-state index in [0.717, 1.165) is 23.2 Å². The number of carbonyl (C=O) groups excluding carboxylic acids is 1. The second kappa shape index (κ2) is 10.1. The van der Waals surface area contributed by atoms with Gasteiger partial charge < -0.3 is 10.1 Å². The second-order valence-electron chi connectivity index (χ2n) is 6.23. The Hall–Kier alpha value is -2.64. The lowest BCUT2D eigenvalue weighted by Crippen LogP contribution is -2.25. The van der Waals surface area contributed by atoms with Gasteiger partial charge in [-0.15, -0.1) is 10.2 Å². The molecule has 1 aromatic heterocycles. The van der Waals surface area contributed by atoms with Crippen molar-refractivity contribution >= 4 is 17.7 Å². The first kappa shape index (κ1) is 20.1. The van der Waals surface area contributed by atoms with Gasteiger partial charge in [-0.3, -0.25) is 9.36 Å². The minimum atomic E-state index is -0.0458. The van der Waals surface area contributed by atoms with E-state index < -0.39 is 0 Å². The van der Waals surface area contributed by atoms with Crippen molar-refractivity contribution in [2.24, 2.45) is 0 Å². The maximum absolute atomic E-state index is 12.3. The lowest BCUT2D eigenvalue weighted by atomic mass is 10.1. The van der Waals surface area contributed by atoms with Crippen molar-refractivity contribution in [2.75, 3.05) is 12.9 Å². The molecule has 0 aliphatic carbocycles. The van der Waals surface area contributed by atoms with Crippen molar-refractivity contribution in [1.29, 1.82) is 0 Å². The third-order valence-corrected chi connectivity index (χ3v) is 5.32. The Kier molecular flexibility index (Phi) is 7.22. The number of carbonyl (C=O) groups is 1. The summed E-state index contributed by atoms with van der Waals surface area (Å²) in [4.78, 5) is 12.3. The molecule has 0 spiro atoms. The van der Waals surface area contributed by atoms with Gasteiger partial charge in [-0.1, -0.05) is 61.2 Å². The van der Waals surface area contributed by atoms with Crippen LogP contribution in [0.2, 0.25) is 0 Å². The van der Waals surface area contributed by atoms with Crippen molar-refractivity contribution < 1.29 is 9.53 Å². The predicted molar refractivity (Wildman–Crippen MR) is 110 cm³/mol. The minimum Gasteiger partial charge on any atom is -0.380 e. The fraction of sp³-hybridized carbons (Fsp3) is 0.286. The molecule has 0 aliphatic rings. The van der Waals surface area contributed by atoms with E-state index in [-0.39, 0.29) is 11.7 Å². The Labute approximate surface area is 169 Å². The summed E-state index contributed by atoms with van der Waals surface area (Å²) in [5, 5.41) is 11.9. The zero-order valence-electron chi connectivity index (χ0n) is 16.1. The van der Waals surface area contributed by atoms with Crippen LogP contribution in [0.4, 0.5) is 0 Å². The summed E-state index contributed by atoms with van der Waals surface area (Å²) in [6, 6.07) is 16.1. The molecule has 3 aromatic rings. The zero-order chi connectivity index (χ0) is 19.8. The molecule has 7 heteroatoms. The van der Waals surface area contributed by atoms with E-state index in [9.17, 15) is 4.79 Å². The zero-order valence-corrected chi connectivity index (χ0v) is 16.9. The van der Waals surface area contributed by atoms with Crippen molar-refractivity contribution in [3.05, 3.63) is 71.5 Å². The van der Waals surface area contributed by atoms with Crippen LogP contribution in [0, 0.1) is 0 Å². The van der Waals surface area contributed by atoms with Crippen molar-refractivity contribution in [2.45, 2.75) is 31.7 Å². The quantitative estimate of drug-likeness (QED) is 0.562. The van der Waals surface area contributed by atoms with Gasteiger partial charge >= 0.3 is 0 Å². The highest BCUT2D eigenvalue weighted by atomic mass is 32.2. The summed E-state index contributed by atoms with van der Waals surface area (Å²) in [6.07, 6.45) is 2.61. The second-order valence-corrected chi connectivity index (χ2v) is 7.18. The molecule has 1 N–H and O–H groups in total. The average Bonchev–Trinajstić information content (AvgIpc) is 3.20. The molecule has 0 aliphatic heterocycles. The van der Waals surface area contributed by atoms with Gasteiger partial charge in [-0.05, 0) is 29.2 Å². The number of aromatic nitrogens is 3. The molecule has 0 saturated carbocycles. The van der Waals surface area contributed by atoms with Crippen LogP contribution < -0.4 is 5.32 Å². The standard InChI is InChI=1S/C21H24N4O2S/c1-3-16-8-6-7-11-19(16)25-15-23-24-21(25)28-14-20(26)22-12-17-9-4-5-10-18(17)13-27-2/h4-11,15H,3,12-14H2,1-2H3,(H,22,26). The van der Waals surface area contributed by atoms with E-state index in [1.807, 2.05) is 47.0 Å². The van der Waals surface area contributed by atoms with Gasteiger partial charge in [-0.25, -0.2) is 0 Å². The largest absolute Gasteiger partial charge is 0.380 e. The summed E-state index contributed by atoms with van der Waals surface area (Å²) in [5.74, 6) is 0.231. The van der Waals surface area contributed by atoms with Crippen LogP contribution >= 0.6 is 11.8 Å². The van der Waals surface area contributed by atoms with Gasteiger partial charge in [0.05, 0.1) is 18.0 Å². The maximum Gasteiger partial charge on any atom is 0.230 e. The maximum atomic E-state index is 12.3. The van der Waals surface area contributed by atoms with Crippen LogP contribution in [-0.4, -0.2) is 33.5 Å². The van der Waals surface area contributed by atoms with Gasteiger partial charge in [0.25, 0.3) is 0 Å². The smallest absolute Gasteiger partial charge is 0.230 e. The van der Waals surface area contributed by atoms with Gasteiger partial charge in [0.1, 0.15) is 6.33 Å². The Morgan fingerprint density at radius 2 is 1.82 bits per heavy atom. The fourth-order valence-electron chi connectivity index (χ4n) is 2.93. The molecule has 28 heavy (non-hydrogen) atoms. The molecule has 6 nitrogen and oxygen atoms in total. The minimum absolute atomic E-state index is 0.0458. The number of hydrogen-bond acceptors (Lipinski definition) is 5. The molecule has 0 atom stereocenters. The van der Waals surface area contributed by atoms with Gasteiger partial charge in [0.15, 0.2) is 5.16 Å². The highest BCUT2D eigenvalue weighted by Gasteiger charge is 2.12. The lowest BCUT2D eigenvalue weighted by Gasteiger charge is -2.11. The average molecular weight is 397 g/mol. The summed E-state index contributed by atoms with van der Waals surface area (Å²) in [6.45, 7) is 3.12. The topological polar surface area (TPSA) is 69.0 Å². The monoisotopic (exact) mass is 396 g/mol. The number of para-hydroxylation sites is 1. The van der Waals surface area contributed by atoms with Crippen molar-refractivity contribution in [1.82, 2.24) is 20.1 Å². The van der Waals surface area contributed by atoms with E-state index in [2.05, 4.69) is 28.5 Å². The van der Waals surface area contributed by atoms with Gasteiger partial charge in [-0.2, -0.15) is 0 Å².